The van der Waals surface area contributed by atoms with Gasteiger partial charge in [0.1, 0.15) is 5.75 Å². The van der Waals surface area contributed by atoms with E-state index in [1.54, 1.807) is 13.2 Å². The standard InChI is InChI=1S/C25H26F3NO4/c1-31-22-11-8-17(14-23(22)32-20-4-2-3-5-20)19-13-18(24(30)29-15-19)12-16-6-9-21(10-7-16)33-25(26,27)28/h6-12,14,19-20H,2-5,13,15H2,1H3,(H,29,30)/b18-12+/t19-/m1/s1. The first-order valence-electron chi connectivity index (χ1n) is 11.0. The van der Waals surface area contributed by atoms with Crippen molar-refractivity contribution in [2.75, 3.05) is 13.7 Å². The number of hydrogen-bond acceptors (Lipinski definition) is 4. The van der Waals surface area contributed by atoms with Gasteiger partial charge in [-0.1, -0.05) is 18.2 Å². The molecule has 1 heterocycles. The molecule has 33 heavy (non-hydrogen) atoms. The summed E-state index contributed by atoms with van der Waals surface area (Å²) in [5.41, 5.74) is 2.21. The molecule has 1 aliphatic heterocycles. The van der Waals surface area contributed by atoms with Crippen molar-refractivity contribution in [3.63, 3.8) is 0 Å². The van der Waals surface area contributed by atoms with Crippen molar-refractivity contribution < 1.29 is 32.2 Å². The summed E-state index contributed by atoms with van der Waals surface area (Å²) in [6, 6.07) is 11.3. The van der Waals surface area contributed by atoms with Crippen LogP contribution in [-0.4, -0.2) is 32.0 Å². The van der Waals surface area contributed by atoms with Crippen LogP contribution in [0.5, 0.6) is 17.2 Å². The first kappa shape index (κ1) is 23.0. The number of carbonyl (C=O) groups excluding carboxylic acids is 1. The quantitative estimate of drug-likeness (QED) is 0.569. The molecule has 5 nitrogen and oxygen atoms in total. The number of benzene rings is 2. The van der Waals surface area contributed by atoms with Crippen LogP contribution in [0.25, 0.3) is 6.08 Å². The van der Waals surface area contributed by atoms with Crippen LogP contribution in [-0.2, 0) is 4.79 Å². The molecule has 1 amide bonds. The summed E-state index contributed by atoms with van der Waals surface area (Å²) < 4.78 is 52.6. The summed E-state index contributed by atoms with van der Waals surface area (Å²) >= 11 is 0. The van der Waals surface area contributed by atoms with Gasteiger partial charge in [-0.2, -0.15) is 0 Å². The summed E-state index contributed by atoms with van der Waals surface area (Å²) in [4.78, 5) is 12.4. The second-order valence-corrected chi connectivity index (χ2v) is 8.33. The van der Waals surface area contributed by atoms with Crippen LogP contribution in [0.4, 0.5) is 13.2 Å². The number of ether oxygens (including phenoxy) is 3. The van der Waals surface area contributed by atoms with Gasteiger partial charge >= 0.3 is 6.36 Å². The largest absolute Gasteiger partial charge is 0.573 e. The van der Waals surface area contributed by atoms with E-state index in [0.29, 0.717) is 35.6 Å². The van der Waals surface area contributed by atoms with E-state index in [-0.39, 0.29) is 23.7 Å². The summed E-state index contributed by atoms with van der Waals surface area (Å²) in [6.45, 7) is 0.490. The van der Waals surface area contributed by atoms with Crippen LogP contribution in [0.3, 0.4) is 0 Å². The minimum absolute atomic E-state index is 0.0404. The average molecular weight is 461 g/mol. The molecule has 1 atom stereocenters. The van der Waals surface area contributed by atoms with E-state index in [4.69, 9.17) is 9.47 Å². The van der Waals surface area contributed by atoms with Gasteiger partial charge in [0, 0.05) is 18.0 Å². The van der Waals surface area contributed by atoms with E-state index in [2.05, 4.69) is 10.1 Å². The zero-order valence-electron chi connectivity index (χ0n) is 18.3. The zero-order chi connectivity index (χ0) is 23.4. The summed E-state index contributed by atoms with van der Waals surface area (Å²) in [5.74, 6) is 0.951. The van der Waals surface area contributed by atoms with E-state index in [9.17, 15) is 18.0 Å². The van der Waals surface area contributed by atoms with Crippen molar-refractivity contribution >= 4 is 12.0 Å². The molecule has 8 heteroatoms. The number of hydrogen-bond donors (Lipinski definition) is 1. The second kappa shape index (κ2) is 9.77. The number of nitrogens with one attached hydrogen (secondary N) is 1. The van der Waals surface area contributed by atoms with Gasteiger partial charge in [-0.3, -0.25) is 4.79 Å². The topological polar surface area (TPSA) is 56.8 Å². The monoisotopic (exact) mass is 461 g/mol. The highest BCUT2D eigenvalue weighted by Crippen LogP contribution is 2.37. The highest BCUT2D eigenvalue weighted by molar-refractivity contribution is 5.98. The molecular weight excluding hydrogens is 435 g/mol. The van der Waals surface area contributed by atoms with Crippen molar-refractivity contribution in [1.29, 1.82) is 0 Å². The fourth-order valence-electron chi connectivity index (χ4n) is 4.31. The number of carbonyl (C=O) groups is 1. The van der Waals surface area contributed by atoms with Crippen LogP contribution in [0.2, 0.25) is 0 Å². The van der Waals surface area contributed by atoms with Crippen LogP contribution < -0.4 is 19.5 Å². The van der Waals surface area contributed by atoms with Crippen molar-refractivity contribution in [3.05, 3.63) is 59.2 Å². The Morgan fingerprint density at radius 3 is 2.42 bits per heavy atom. The predicted octanol–water partition coefficient (Wildman–Crippen LogP) is 5.60. The zero-order valence-corrected chi connectivity index (χ0v) is 18.3. The Kier molecular flexibility index (Phi) is 6.81. The van der Waals surface area contributed by atoms with Crippen molar-refractivity contribution in [2.45, 2.75) is 50.5 Å². The Balaban J connectivity index is 1.50. The second-order valence-electron chi connectivity index (χ2n) is 8.33. The molecule has 0 radical (unpaired) electrons. The Bertz CT molecular complexity index is 1010. The Morgan fingerprint density at radius 1 is 1.03 bits per heavy atom. The molecule has 0 aromatic heterocycles. The van der Waals surface area contributed by atoms with E-state index in [1.165, 1.54) is 37.1 Å². The highest BCUT2D eigenvalue weighted by Gasteiger charge is 2.31. The lowest BCUT2D eigenvalue weighted by Crippen LogP contribution is -2.35. The van der Waals surface area contributed by atoms with Gasteiger partial charge in [-0.25, -0.2) is 0 Å². The van der Waals surface area contributed by atoms with Gasteiger partial charge in [0.25, 0.3) is 0 Å². The maximum Gasteiger partial charge on any atom is 0.573 e. The van der Waals surface area contributed by atoms with Crippen LogP contribution >= 0.6 is 0 Å². The molecule has 2 fully saturated rings. The number of methoxy groups -OCH3 is 1. The molecule has 176 valence electrons. The van der Waals surface area contributed by atoms with Crippen LogP contribution in [0.15, 0.2) is 48.0 Å². The van der Waals surface area contributed by atoms with E-state index < -0.39 is 6.36 Å². The third-order valence-electron chi connectivity index (χ3n) is 5.98. The Labute approximate surface area is 190 Å². The van der Waals surface area contributed by atoms with E-state index in [1.807, 2.05) is 18.2 Å². The third kappa shape index (κ3) is 6.00. The van der Waals surface area contributed by atoms with Crippen LogP contribution in [0, 0.1) is 0 Å². The first-order chi connectivity index (χ1) is 15.8. The molecule has 1 saturated heterocycles. The van der Waals surface area contributed by atoms with Gasteiger partial charge in [0.2, 0.25) is 5.91 Å². The lowest BCUT2D eigenvalue weighted by atomic mass is 9.87. The number of amides is 1. The van der Waals surface area contributed by atoms with Crippen LogP contribution in [0.1, 0.15) is 49.1 Å². The average Bonchev–Trinajstić information content (AvgIpc) is 3.29. The molecule has 2 aromatic carbocycles. The SMILES string of the molecule is COc1ccc([C@H]2CNC(=O)/C(=C/c3ccc(OC(F)(F)F)cc3)C2)cc1OC1CCCC1. The number of halogens is 3. The Morgan fingerprint density at radius 2 is 1.76 bits per heavy atom. The summed E-state index contributed by atoms with van der Waals surface area (Å²) in [5, 5.41) is 2.91. The molecule has 4 rings (SSSR count). The number of rotatable bonds is 6. The molecule has 0 bridgehead atoms. The van der Waals surface area contributed by atoms with Gasteiger partial charge in [-0.15, -0.1) is 13.2 Å². The molecule has 1 N–H and O–H groups in total. The summed E-state index contributed by atoms with van der Waals surface area (Å²) in [7, 11) is 1.61. The normalized spacial score (nSPS) is 20.5. The number of piperidine rings is 1. The lowest BCUT2D eigenvalue weighted by molar-refractivity contribution is -0.274. The molecule has 1 aliphatic carbocycles. The first-order valence-corrected chi connectivity index (χ1v) is 11.0. The third-order valence-corrected chi connectivity index (χ3v) is 5.98. The smallest absolute Gasteiger partial charge is 0.493 e. The molecule has 0 unspecified atom stereocenters. The van der Waals surface area contributed by atoms with Gasteiger partial charge in [-0.05, 0) is 73.6 Å². The molecule has 2 aromatic rings. The molecule has 0 spiro atoms. The highest BCUT2D eigenvalue weighted by atomic mass is 19.4. The van der Waals surface area contributed by atoms with E-state index >= 15 is 0 Å². The van der Waals surface area contributed by atoms with E-state index in [0.717, 1.165) is 18.4 Å². The maximum absolute atomic E-state index is 12.4. The maximum atomic E-state index is 12.4. The minimum atomic E-state index is -4.74. The number of alkyl halides is 3. The molecule has 2 aliphatic rings. The van der Waals surface area contributed by atoms with Gasteiger partial charge < -0.3 is 19.5 Å². The molecular formula is C25H26F3NO4. The fourth-order valence-corrected chi connectivity index (χ4v) is 4.31. The lowest BCUT2D eigenvalue weighted by Gasteiger charge is -2.26. The predicted molar refractivity (Wildman–Crippen MR) is 117 cm³/mol. The minimum Gasteiger partial charge on any atom is -0.493 e. The Hall–Kier alpha value is -3.16. The van der Waals surface area contributed by atoms with Crippen molar-refractivity contribution in [3.8, 4) is 17.2 Å². The fraction of sp³-hybridized carbons (Fsp3) is 0.400. The molecule has 1 saturated carbocycles. The van der Waals surface area contributed by atoms with Crippen molar-refractivity contribution in [2.24, 2.45) is 0 Å². The van der Waals surface area contributed by atoms with Crippen molar-refractivity contribution in [1.82, 2.24) is 5.32 Å². The van der Waals surface area contributed by atoms with Gasteiger partial charge in [0.05, 0.1) is 13.2 Å². The summed E-state index contributed by atoms with van der Waals surface area (Å²) in [6.07, 6.45) is 2.05. The van der Waals surface area contributed by atoms with Gasteiger partial charge in [0.15, 0.2) is 11.5 Å².